The van der Waals surface area contributed by atoms with E-state index in [1.165, 1.54) is 0 Å². The van der Waals surface area contributed by atoms with Gasteiger partial charge in [-0.3, -0.25) is 4.79 Å². The van der Waals surface area contributed by atoms with Crippen LogP contribution in [0.3, 0.4) is 0 Å². The van der Waals surface area contributed by atoms with Crippen LogP contribution in [0.2, 0.25) is 18.1 Å². The predicted octanol–water partition coefficient (Wildman–Crippen LogP) is 4.71. The molecular weight excluding hydrogens is 252 g/mol. The Labute approximate surface area is 119 Å². The summed E-state index contributed by atoms with van der Waals surface area (Å²) in [7, 11) is -1.82. The molecule has 19 heavy (non-hydrogen) atoms. The van der Waals surface area contributed by atoms with Gasteiger partial charge < -0.3 is 4.43 Å². The molecule has 2 unspecified atom stereocenters. The third-order valence-corrected chi connectivity index (χ3v) is 8.99. The van der Waals surface area contributed by atoms with Crippen LogP contribution < -0.4 is 0 Å². The maximum atomic E-state index is 12.1. The second kappa shape index (κ2) is 5.92. The quantitative estimate of drug-likeness (QED) is 0.551. The number of allylic oxidation sites excluding steroid dienone is 1. The number of unbranched alkanes of at least 4 members (excludes halogenated alkanes) is 1. The lowest BCUT2D eigenvalue weighted by molar-refractivity contribution is -0.114. The van der Waals surface area contributed by atoms with Gasteiger partial charge in [0.05, 0.1) is 6.10 Å². The Bertz CT molecular complexity index is 363. The Morgan fingerprint density at radius 3 is 2.42 bits per heavy atom. The standard InChI is InChI=1S/C16H30O2Si/c1-8-9-10-13-14(17)11-12(2)15(13)18-19(6,7)16(3,4)5/h10,12,15H,8-9,11H2,1-7H3/b13-10-. The SMILES string of the molecule is CCC/C=C1/C(=O)CC(C)C1O[Si](C)(C)C(C)(C)C. The van der Waals surface area contributed by atoms with Crippen LogP contribution in [0.1, 0.15) is 53.9 Å². The predicted molar refractivity (Wildman–Crippen MR) is 83.8 cm³/mol. The first-order chi connectivity index (χ1) is 8.60. The first kappa shape index (κ1) is 16.6. The highest BCUT2D eigenvalue weighted by molar-refractivity contribution is 6.74. The first-order valence-corrected chi connectivity index (χ1v) is 10.4. The maximum absolute atomic E-state index is 12.1. The lowest BCUT2D eigenvalue weighted by atomic mass is 10.1. The van der Waals surface area contributed by atoms with Gasteiger partial charge in [-0.05, 0) is 30.5 Å². The fourth-order valence-electron chi connectivity index (χ4n) is 2.19. The van der Waals surface area contributed by atoms with Gasteiger partial charge in [-0.2, -0.15) is 0 Å². The largest absolute Gasteiger partial charge is 0.410 e. The molecule has 110 valence electrons. The summed E-state index contributed by atoms with van der Waals surface area (Å²) in [6, 6.07) is 0. The summed E-state index contributed by atoms with van der Waals surface area (Å²) >= 11 is 0. The zero-order valence-corrected chi connectivity index (χ0v) is 14.7. The lowest BCUT2D eigenvalue weighted by Crippen LogP contribution is -2.45. The molecule has 0 aliphatic heterocycles. The van der Waals surface area contributed by atoms with E-state index in [0.29, 0.717) is 18.1 Å². The van der Waals surface area contributed by atoms with Gasteiger partial charge in [0.25, 0.3) is 0 Å². The maximum Gasteiger partial charge on any atom is 0.192 e. The molecule has 0 aromatic heterocycles. The van der Waals surface area contributed by atoms with E-state index in [0.717, 1.165) is 18.4 Å². The smallest absolute Gasteiger partial charge is 0.192 e. The van der Waals surface area contributed by atoms with Crippen molar-refractivity contribution >= 4 is 14.1 Å². The van der Waals surface area contributed by atoms with Gasteiger partial charge in [0.1, 0.15) is 0 Å². The van der Waals surface area contributed by atoms with E-state index in [-0.39, 0.29) is 11.1 Å². The molecule has 0 aromatic rings. The van der Waals surface area contributed by atoms with Crippen molar-refractivity contribution in [3.63, 3.8) is 0 Å². The molecule has 0 heterocycles. The van der Waals surface area contributed by atoms with Crippen LogP contribution >= 0.6 is 0 Å². The normalized spacial score (nSPS) is 27.3. The summed E-state index contributed by atoms with van der Waals surface area (Å²) in [6.07, 6.45) is 4.85. The van der Waals surface area contributed by atoms with Crippen LogP contribution in [0.4, 0.5) is 0 Å². The van der Waals surface area contributed by atoms with Gasteiger partial charge in [-0.1, -0.05) is 47.1 Å². The molecule has 1 aliphatic carbocycles. The summed E-state index contributed by atoms with van der Waals surface area (Å²) in [5.41, 5.74) is 0.944. The molecule has 2 nitrogen and oxygen atoms in total. The molecule has 0 saturated heterocycles. The minimum Gasteiger partial charge on any atom is -0.410 e. The van der Waals surface area contributed by atoms with Crippen LogP contribution in [-0.4, -0.2) is 20.2 Å². The molecule has 1 saturated carbocycles. The van der Waals surface area contributed by atoms with Gasteiger partial charge in [0, 0.05) is 12.0 Å². The van der Waals surface area contributed by atoms with Gasteiger partial charge in [0.15, 0.2) is 14.1 Å². The van der Waals surface area contributed by atoms with E-state index in [4.69, 9.17) is 4.43 Å². The number of hydrogen-bond acceptors (Lipinski definition) is 2. The van der Waals surface area contributed by atoms with E-state index in [1.807, 2.05) is 0 Å². The molecule has 1 aliphatic rings. The summed E-state index contributed by atoms with van der Waals surface area (Å²) in [4.78, 5) is 12.1. The average Bonchev–Trinajstić information content (AvgIpc) is 2.49. The van der Waals surface area contributed by atoms with E-state index in [2.05, 4.69) is 53.8 Å². The summed E-state index contributed by atoms with van der Waals surface area (Å²) < 4.78 is 6.51. The number of hydrogen-bond donors (Lipinski definition) is 0. The first-order valence-electron chi connectivity index (χ1n) is 7.51. The average molecular weight is 282 g/mol. The number of rotatable bonds is 4. The molecule has 1 rings (SSSR count). The molecule has 0 spiro atoms. The lowest BCUT2D eigenvalue weighted by Gasteiger charge is -2.39. The molecular formula is C16H30O2Si. The summed E-state index contributed by atoms with van der Waals surface area (Å²) in [5, 5.41) is 0.189. The molecule has 2 atom stereocenters. The minimum atomic E-state index is -1.82. The molecule has 0 bridgehead atoms. The molecule has 0 N–H and O–H groups in total. The highest BCUT2D eigenvalue weighted by Crippen LogP contribution is 2.41. The van der Waals surface area contributed by atoms with E-state index in [9.17, 15) is 4.79 Å². The molecule has 0 aromatic carbocycles. The van der Waals surface area contributed by atoms with Gasteiger partial charge in [-0.25, -0.2) is 0 Å². The van der Waals surface area contributed by atoms with Crippen LogP contribution in [0.5, 0.6) is 0 Å². The highest BCUT2D eigenvalue weighted by Gasteiger charge is 2.44. The number of carbonyl (C=O) groups is 1. The summed E-state index contributed by atoms with van der Waals surface area (Å²) in [5.74, 6) is 0.620. The summed E-state index contributed by atoms with van der Waals surface area (Å²) in [6.45, 7) is 15.5. The zero-order valence-electron chi connectivity index (χ0n) is 13.7. The van der Waals surface area contributed by atoms with Crippen molar-refractivity contribution in [3.8, 4) is 0 Å². The number of Topliss-reactive ketones (excluding diaryl/α,β-unsaturated/α-hetero) is 1. The van der Waals surface area contributed by atoms with Crippen molar-refractivity contribution in [2.24, 2.45) is 5.92 Å². The van der Waals surface area contributed by atoms with Crippen molar-refractivity contribution in [2.45, 2.75) is 78.1 Å². The second-order valence-corrected chi connectivity index (χ2v) is 12.1. The van der Waals surface area contributed by atoms with Crippen LogP contribution in [0.15, 0.2) is 11.6 Å². The van der Waals surface area contributed by atoms with Crippen molar-refractivity contribution in [3.05, 3.63) is 11.6 Å². The van der Waals surface area contributed by atoms with E-state index < -0.39 is 8.32 Å². The molecule has 0 amide bonds. The Kier molecular flexibility index (Phi) is 5.19. The van der Waals surface area contributed by atoms with Crippen molar-refractivity contribution in [1.82, 2.24) is 0 Å². The zero-order chi connectivity index (χ0) is 14.8. The monoisotopic (exact) mass is 282 g/mol. The second-order valence-electron chi connectivity index (χ2n) is 7.35. The third-order valence-electron chi connectivity index (χ3n) is 4.53. The Morgan fingerprint density at radius 1 is 1.37 bits per heavy atom. The third kappa shape index (κ3) is 3.79. The van der Waals surface area contributed by atoms with E-state index in [1.54, 1.807) is 0 Å². The van der Waals surface area contributed by atoms with Crippen LogP contribution in [-0.2, 0) is 9.22 Å². The highest BCUT2D eigenvalue weighted by atomic mass is 28.4. The van der Waals surface area contributed by atoms with Gasteiger partial charge >= 0.3 is 0 Å². The van der Waals surface area contributed by atoms with Gasteiger partial charge in [-0.15, -0.1) is 0 Å². The Hall–Kier alpha value is -0.413. The van der Waals surface area contributed by atoms with Crippen molar-refractivity contribution in [2.75, 3.05) is 0 Å². The topological polar surface area (TPSA) is 26.3 Å². The van der Waals surface area contributed by atoms with Crippen molar-refractivity contribution < 1.29 is 9.22 Å². The molecule has 3 heteroatoms. The van der Waals surface area contributed by atoms with Crippen molar-refractivity contribution in [1.29, 1.82) is 0 Å². The number of carbonyl (C=O) groups excluding carboxylic acids is 1. The molecule has 1 fully saturated rings. The number of ketones is 1. The Morgan fingerprint density at radius 2 is 1.95 bits per heavy atom. The van der Waals surface area contributed by atoms with Crippen LogP contribution in [0, 0.1) is 5.92 Å². The minimum absolute atomic E-state index is 0.0277. The fraction of sp³-hybridized carbons (Fsp3) is 0.812. The van der Waals surface area contributed by atoms with E-state index >= 15 is 0 Å². The van der Waals surface area contributed by atoms with Crippen LogP contribution in [0.25, 0.3) is 0 Å². The molecule has 0 radical (unpaired) electrons. The fourth-order valence-corrected chi connectivity index (χ4v) is 3.53. The Balaban J connectivity index is 2.94. The van der Waals surface area contributed by atoms with Gasteiger partial charge in [0.2, 0.25) is 0 Å².